The lowest BCUT2D eigenvalue weighted by Gasteiger charge is -2.01. The summed E-state index contributed by atoms with van der Waals surface area (Å²) < 4.78 is 0. The van der Waals surface area contributed by atoms with E-state index in [0.717, 1.165) is 64.1 Å². The van der Waals surface area contributed by atoms with Crippen LogP contribution in [-0.4, -0.2) is 19.9 Å². The lowest BCUT2D eigenvalue weighted by atomic mass is 10.1. The van der Waals surface area contributed by atoms with E-state index in [4.69, 9.17) is 9.97 Å². The normalized spacial score (nSPS) is 12.6. The first kappa shape index (κ1) is 16.8. The van der Waals surface area contributed by atoms with Crippen LogP contribution in [0.25, 0.3) is 46.4 Å². The lowest BCUT2D eigenvalue weighted by Crippen LogP contribution is -1.90. The summed E-state index contributed by atoms with van der Waals surface area (Å²) in [6.07, 6.45) is 11.6. The van der Waals surface area contributed by atoms with Gasteiger partial charge in [0.2, 0.25) is 0 Å². The van der Waals surface area contributed by atoms with E-state index in [1.807, 2.05) is 18.2 Å². The van der Waals surface area contributed by atoms with Gasteiger partial charge in [-0.1, -0.05) is 13.3 Å². The van der Waals surface area contributed by atoms with Crippen molar-refractivity contribution in [2.24, 2.45) is 0 Å². The Balaban J connectivity index is 1.82. The van der Waals surface area contributed by atoms with Gasteiger partial charge in [0, 0.05) is 27.6 Å². The Kier molecular flexibility index (Phi) is 4.17. The molecule has 0 aromatic carbocycles. The fraction of sp³-hybridized carbons (Fsp3) is 0.167. The molecule has 0 radical (unpaired) electrons. The average molecular weight is 366 g/mol. The summed E-state index contributed by atoms with van der Waals surface area (Å²) in [5.74, 6) is 0. The van der Waals surface area contributed by atoms with Gasteiger partial charge in [-0.2, -0.15) is 0 Å². The Morgan fingerprint density at radius 2 is 1.39 bits per heavy atom. The molecule has 0 spiro atoms. The van der Waals surface area contributed by atoms with Crippen LogP contribution in [0.3, 0.4) is 0 Å². The zero-order chi connectivity index (χ0) is 18.9. The van der Waals surface area contributed by atoms with Gasteiger partial charge in [-0.15, -0.1) is 0 Å². The molecule has 0 saturated carbocycles. The highest BCUT2D eigenvalue weighted by atomic mass is 14.8. The van der Waals surface area contributed by atoms with Gasteiger partial charge < -0.3 is 9.97 Å². The van der Waals surface area contributed by atoms with Crippen LogP contribution in [-0.2, 0) is 6.42 Å². The molecule has 3 aromatic rings. The van der Waals surface area contributed by atoms with Gasteiger partial charge in [-0.05, 0) is 79.6 Å². The summed E-state index contributed by atoms with van der Waals surface area (Å²) in [6.45, 7) is 2.22. The highest BCUT2D eigenvalue weighted by molar-refractivity contribution is 5.79. The zero-order valence-electron chi connectivity index (χ0n) is 15.9. The number of hydrogen-bond acceptors (Lipinski definition) is 2. The molecule has 3 aromatic heterocycles. The Labute approximate surface area is 163 Å². The van der Waals surface area contributed by atoms with Gasteiger partial charge in [0.1, 0.15) is 0 Å². The molecule has 0 saturated heterocycles. The van der Waals surface area contributed by atoms with Crippen molar-refractivity contribution in [3.63, 3.8) is 0 Å². The molecule has 4 heteroatoms. The van der Waals surface area contributed by atoms with Crippen LogP contribution < -0.4 is 0 Å². The summed E-state index contributed by atoms with van der Waals surface area (Å²) in [6, 6.07) is 14.7. The third-order valence-corrected chi connectivity index (χ3v) is 5.11. The van der Waals surface area contributed by atoms with Crippen molar-refractivity contribution < 1.29 is 0 Å². The molecule has 2 aliphatic rings. The lowest BCUT2D eigenvalue weighted by molar-refractivity contribution is 0.795. The Hall–Kier alpha value is -3.40. The second kappa shape index (κ2) is 6.97. The number of rotatable bonds is 3. The van der Waals surface area contributed by atoms with Gasteiger partial charge in [0.05, 0.1) is 22.8 Å². The van der Waals surface area contributed by atoms with E-state index >= 15 is 0 Å². The van der Waals surface area contributed by atoms with Crippen molar-refractivity contribution in [2.45, 2.75) is 26.2 Å². The highest BCUT2D eigenvalue weighted by Crippen LogP contribution is 2.22. The molecule has 0 aliphatic carbocycles. The molecule has 4 nitrogen and oxygen atoms in total. The maximum absolute atomic E-state index is 4.87. The maximum Gasteiger partial charge on any atom is 0.0690 e. The smallest absolute Gasteiger partial charge is 0.0690 e. The first-order valence-corrected chi connectivity index (χ1v) is 9.83. The molecule has 28 heavy (non-hydrogen) atoms. The Bertz CT molecular complexity index is 1250. The van der Waals surface area contributed by atoms with Crippen LogP contribution in [0.15, 0.2) is 42.5 Å². The fourth-order valence-electron chi connectivity index (χ4n) is 3.68. The number of aromatic amines is 2. The summed E-state index contributed by atoms with van der Waals surface area (Å²) >= 11 is 0. The predicted octanol–water partition coefficient (Wildman–Crippen LogP) is 6.00. The van der Waals surface area contributed by atoms with Gasteiger partial charge in [-0.3, -0.25) is 0 Å². The van der Waals surface area contributed by atoms with Gasteiger partial charge in [0.25, 0.3) is 0 Å². The molecule has 138 valence electrons. The second-order valence-corrected chi connectivity index (χ2v) is 7.26. The third kappa shape index (κ3) is 3.29. The molecule has 0 unspecified atom stereocenters. The first-order valence-electron chi connectivity index (χ1n) is 9.83. The number of unbranched alkanes of at least 4 members (excludes halogenated alkanes) is 1. The van der Waals surface area contributed by atoms with E-state index in [1.165, 1.54) is 5.56 Å². The van der Waals surface area contributed by atoms with Crippen molar-refractivity contribution in [3.05, 3.63) is 70.8 Å². The molecule has 0 fully saturated rings. The van der Waals surface area contributed by atoms with E-state index in [2.05, 4.69) is 65.4 Å². The third-order valence-electron chi connectivity index (χ3n) is 5.11. The SMILES string of the molecule is CCCCc1c2nc(cc3nc(cc4ccc(cc5ccc1[nH]5)[nH]4)C=C3)C=C2. The minimum absolute atomic E-state index is 0.929. The van der Waals surface area contributed by atoms with E-state index < -0.39 is 0 Å². The van der Waals surface area contributed by atoms with Crippen LogP contribution in [0, 0.1) is 0 Å². The summed E-state index contributed by atoms with van der Waals surface area (Å²) in [4.78, 5) is 16.6. The predicted molar refractivity (Wildman–Crippen MR) is 117 cm³/mol. The van der Waals surface area contributed by atoms with E-state index in [9.17, 15) is 0 Å². The number of fused-ring (bicyclic) bond motifs is 8. The van der Waals surface area contributed by atoms with Gasteiger partial charge >= 0.3 is 0 Å². The molecular weight excluding hydrogens is 344 g/mol. The van der Waals surface area contributed by atoms with Crippen molar-refractivity contribution in [2.75, 3.05) is 0 Å². The molecule has 0 atom stereocenters. The molecule has 0 amide bonds. The number of nitrogens with one attached hydrogen (secondary N) is 2. The van der Waals surface area contributed by atoms with Crippen molar-refractivity contribution in [3.8, 4) is 0 Å². The molecule has 5 heterocycles. The van der Waals surface area contributed by atoms with Gasteiger partial charge in [-0.25, -0.2) is 9.97 Å². The fourth-order valence-corrected chi connectivity index (χ4v) is 3.68. The number of H-pyrrole nitrogens is 2. The number of aryl methyl sites for hydroxylation is 1. The largest absolute Gasteiger partial charge is 0.355 e. The minimum Gasteiger partial charge on any atom is -0.355 e. The van der Waals surface area contributed by atoms with Crippen LogP contribution in [0.4, 0.5) is 0 Å². The zero-order valence-corrected chi connectivity index (χ0v) is 15.9. The van der Waals surface area contributed by atoms with Crippen LogP contribution in [0.2, 0.25) is 0 Å². The minimum atomic E-state index is 0.929. The topological polar surface area (TPSA) is 57.4 Å². The quantitative estimate of drug-likeness (QED) is 0.411. The second-order valence-electron chi connectivity index (χ2n) is 7.26. The molecule has 8 bridgehead atoms. The summed E-state index contributed by atoms with van der Waals surface area (Å²) in [5.41, 5.74) is 9.45. The maximum atomic E-state index is 4.87. The van der Waals surface area contributed by atoms with E-state index in [-0.39, 0.29) is 0 Å². The average Bonchev–Trinajstić information content (AvgIpc) is 3.46. The Morgan fingerprint density at radius 3 is 2.25 bits per heavy atom. The van der Waals surface area contributed by atoms with Crippen LogP contribution in [0.5, 0.6) is 0 Å². The van der Waals surface area contributed by atoms with Crippen molar-refractivity contribution >= 4 is 46.4 Å². The standard InChI is InChI=1S/C24H22N4/c1-2-3-4-22-23-11-9-20(27-23)14-18-7-5-16(25-18)13-17-6-8-19(26-17)15-21-10-12-24(22)28-21/h5-15,25,27H,2-4H2,1H3. The van der Waals surface area contributed by atoms with Gasteiger partial charge in [0.15, 0.2) is 0 Å². The summed E-state index contributed by atoms with van der Waals surface area (Å²) in [5, 5.41) is 0. The number of hydrogen-bond donors (Lipinski definition) is 2. The van der Waals surface area contributed by atoms with Crippen LogP contribution in [0.1, 0.15) is 48.1 Å². The molecule has 2 aliphatic heterocycles. The highest BCUT2D eigenvalue weighted by Gasteiger charge is 2.08. The monoisotopic (exact) mass is 366 g/mol. The Morgan fingerprint density at radius 1 is 0.714 bits per heavy atom. The van der Waals surface area contributed by atoms with E-state index in [1.54, 1.807) is 0 Å². The number of nitrogens with zero attached hydrogens (tertiary/aromatic N) is 2. The molecule has 5 rings (SSSR count). The first-order chi connectivity index (χ1) is 13.8. The molecular formula is C24H22N4. The summed E-state index contributed by atoms with van der Waals surface area (Å²) in [7, 11) is 0. The van der Waals surface area contributed by atoms with Crippen LogP contribution >= 0.6 is 0 Å². The van der Waals surface area contributed by atoms with Crippen molar-refractivity contribution in [1.82, 2.24) is 19.9 Å². The van der Waals surface area contributed by atoms with E-state index in [0.29, 0.717) is 0 Å². The number of aromatic nitrogens is 4. The van der Waals surface area contributed by atoms with Crippen molar-refractivity contribution in [1.29, 1.82) is 0 Å². The molecule has 2 N–H and O–H groups in total.